The molecule has 0 fully saturated rings. The molecule has 0 aliphatic carbocycles. The SMILES string of the molecule is Cc1ccc2c(=O)c(C(=O)c3ccc(F)cc3)cn(CC(=O)Nc3ccccc3F)c2n1. The fourth-order valence-electron chi connectivity index (χ4n) is 3.31. The largest absolute Gasteiger partial charge is 0.322 e. The van der Waals surface area contributed by atoms with Crippen LogP contribution >= 0.6 is 0 Å². The predicted octanol–water partition coefficient (Wildman–Crippen LogP) is 3.85. The molecular weight excluding hydrogens is 416 g/mol. The molecule has 160 valence electrons. The van der Waals surface area contributed by atoms with E-state index in [0.717, 1.165) is 12.1 Å². The lowest BCUT2D eigenvalue weighted by atomic mass is 10.0. The van der Waals surface area contributed by atoms with Crippen LogP contribution in [0.2, 0.25) is 0 Å². The molecule has 0 spiro atoms. The van der Waals surface area contributed by atoms with E-state index in [-0.39, 0.29) is 34.4 Å². The molecule has 0 atom stereocenters. The second-order valence-electron chi connectivity index (χ2n) is 7.19. The normalized spacial score (nSPS) is 10.8. The van der Waals surface area contributed by atoms with Crippen molar-refractivity contribution in [2.75, 3.05) is 5.32 Å². The maximum Gasteiger partial charge on any atom is 0.244 e. The molecule has 2 heterocycles. The van der Waals surface area contributed by atoms with E-state index in [9.17, 15) is 23.2 Å². The van der Waals surface area contributed by atoms with Crippen molar-refractivity contribution < 1.29 is 18.4 Å². The zero-order valence-electron chi connectivity index (χ0n) is 16.9. The van der Waals surface area contributed by atoms with Crippen LogP contribution in [-0.4, -0.2) is 21.2 Å². The Kier molecular flexibility index (Phi) is 5.59. The van der Waals surface area contributed by atoms with Crippen LogP contribution in [0.5, 0.6) is 0 Å². The van der Waals surface area contributed by atoms with Crippen molar-refractivity contribution in [2.24, 2.45) is 0 Å². The number of hydrogen-bond acceptors (Lipinski definition) is 4. The van der Waals surface area contributed by atoms with Crippen molar-refractivity contribution in [3.63, 3.8) is 0 Å². The molecule has 32 heavy (non-hydrogen) atoms. The number of hydrogen-bond donors (Lipinski definition) is 1. The summed E-state index contributed by atoms with van der Waals surface area (Å²) in [5.74, 6) is -2.28. The van der Waals surface area contributed by atoms with Gasteiger partial charge in [0.1, 0.15) is 23.8 Å². The topological polar surface area (TPSA) is 81.1 Å². The van der Waals surface area contributed by atoms with Gasteiger partial charge in [-0.15, -0.1) is 0 Å². The number of aryl methyl sites for hydroxylation is 1. The molecule has 0 bridgehead atoms. The van der Waals surface area contributed by atoms with E-state index in [2.05, 4.69) is 10.3 Å². The van der Waals surface area contributed by atoms with Gasteiger partial charge in [0.05, 0.1) is 16.6 Å². The third-order valence-corrected chi connectivity index (χ3v) is 4.87. The van der Waals surface area contributed by atoms with Gasteiger partial charge in [0.15, 0.2) is 5.78 Å². The molecule has 2 aromatic carbocycles. The van der Waals surface area contributed by atoms with Crippen LogP contribution in [-0.2, 0) is 11.3 Å². The lowest BCUT2D eigenvalue weighted by molar-refractivity contribution is -0.116. The van der Waals surface area contributed by atoms with Crippen LogP contribution in [0.1, 0.15) is 21.6 Å². The molecule has 0 radical (unpaired) electrons. The quantitative estimate of drug-likeness (QED) is 0.485. The van der Waals surface area contributed by atoms with Crippen LogP contribution in [0, 0.1) is 18.6 Å². The number of aromatic nitrogens is 2. The van der Waals surface area contributed by atoms with E-state index >= 15 is 0 Å². The summed E-state index contributed by atoms with van der Waals surface area (Å²) >= 11 is 0. The summed E-state index contributed by atoms with van der Waals surface area (Å²) < 4.78 is 28.5. The summed E-state index contributed by atoms with van der Waals surface area (Å²) in [5.41, 5.74) is 0.230. The average molecular weight is 433 g/mol. The molecule has 6 nitrogen and oxygen atoms in total. The van der Waals surface area contributed by atoms with Crippen molar-refractivity contribution in [3.05, 3.63) is 106 Å². The summed E-state index contributed by atoms with van der Waals surface area (Å²) in [4.78, 5) is 42.9. The van der Waals surface area contributed by atoms with Crippen molar-refractivity contribution in [2.45, 2.75) is 13.5 Å². The van der Waals surface area contributed by atoms with Crippen LogP contribution in [0.25, 0.3) is 11.0 Å². The number of fused-ring (bicyclic) bond motifs is 1. The minimum Gasteiger partial charge on any atom is -0.322 e. The molecule has 0 unspecified atom stereocenters. The van der Waals surface area contributed by atoms with Gasteiger partial charge in [0.2, 0.25) is 11.3 Å². The van der Waals surface area contributed by atoms with Gasteiger partial charge in [-0.3, -0.25) is 14.4 Å². The summed E-state index contributed by atoms with van der Waals surface area (Å²) in [6.07, 6.45) is 1.25. The number of halogens is 2. The van der Waals surface area contributed by atoms with Gasteiger partial charge in [0.25, 0.3) is 0 Å². The number of anilines is 1. The monoisotopic (exact) mass is 433 g/mol. The molecule has 0 aliphatic rings. The lowest BCUT2D eigenvalue weighted by Gasteiger charge is -2.13. The minimum atomic E-state index is -0.610. The van der Waals surface area contributed by atoms with Crippen molar-refractivity contribution in [3.8, 4) is 0 Å². The van der Waals surface area contributed by atoms with E-state index in [0.29, 0.717) is 5.69 Å². The lowest BCUT2D eigenvalue weighted by Crippen LogP contribution is -2.25. The Morgan fingerprint density at radius 3 is 2.44 bits per heavy atom. The van der Waals surface area contributed by atoms with Gasteiger partial charge in [-0.2, -0.15) is 0 Å². The highest BCUT2D eigenvalue weighted by Gasteiger charge is 2.19. The van der Waals surface area contributed by atoms with Crippen LogP contribution in [0.3, 0.4) is 0 Å². The van der Waals surface area contributed by atoms with E-state index < -0.39 is 28.8 Å². The second-order valence-corrected chi connectivity index (χ2v) is 7.19. The van der Waals surface area contributed by atoms with Crippen LogP contribution in [0.4, 0.5) is 14.5 Å². The second kappa shape index (κ2) is 8.50. The molecule has 0 saturated heterocycles. The molecule has 4 aromatic rings. The van der Waals surface area contributed by atoms with E-state index in [4.69, 9.17) is 0 Å². The third-order valence-electron chi connectivity index (χ3n) is 4.87. The number of pyridine rings is 2. The molecule has 2 aromatic heterocycles. The fourth-order valence-corrected chi connectivity index (χ4v) is 3.31. The maximum absolute atomic E-state index is 13.9. The maximum atomic E-state index is 13.9. The highest BCUT2D eigenvalue weighted by molar-refractivity contribution is 6.10. The Morgan fingerprint density at radius 2 is 1.72 bits per heavy atom. The van der Waals surface area contributed by atoms with Crippen molar-refractivity contribution in [1.29, 1.82) is 0 Å². The predicted molar refractivity (Wildman–Crippen MR) is 116 cm³/mol. The highest BCUT2D eigenvalue weighted by atomic mass is 19.1. The molecule has 1 N–H and O–H groups in total. The first kappa shape index (κ1) is 21.0. The van der Waals surface area contributed by atoms with Crippen LogP contribution < -0.4 is 10.7 Å². The molecule has 0 saturated carbocycles. The molecule has 1 amide bonds. The first-order valence-electron chi connectivity index (χ1n) is 9.69. The zero-order valence-corrected chi connectivity index (χ0v) is 16.9. The van der Waals surface area contributed by atoms with Crippen molar-refractivity contribution in [1.82, 2.24) is 9.55 Å². The third kappa shape index (κ3) is 4.15. The first-order chi connectivity index (χ1) is 15.3. The van der Waals surface area contributed by atoms with E-state index in [1.165, 1.54) is 47.2 Å². The number of amides is 1. The number of nitrogens with one attached hydrogen (secondary N) is 1. The Labute approximate surface area is 181 Å². The summed E-state index contributed by atoms with van der Waals surface area (Å²) in [7, 11) is 0. The smallest absolute Gasteiger partial charge is 0.244 e. The Hall–Kier alpha value is -4.20. The zero-order chi connectivity index (χ0) is 22.8. The summed E-state index contributed by atoms with van der Waals surface area (Å²) in [6.45, 7) is 1.41. The van der Waals surface area contributed by atoms with Crippen LogP contribution in [0.15, 0.2) is 71.7 Å². The fraction of sp³-hybridized carbons (Fsp3) is 0.0833. The van der Waals surface area contributed by atoms with Gasteiger partial charge in [0, 0.05) is 17.5 Å². The number of rotatable bonds is 5. The Morgan fingerprint density at radius 1 is 1.00 bits per heavy atom. The first-order valence-corrected chi connectivity index (χ1v) is 9.69. The summed E-state index contributed by atoms with van der Waals surface area (Å²) in [5, 5.41) is 2.63. The van der Waals surface area contributed by atoms with Gasteiger partial charge in [-0.05, 0) is 55.5 Å². The molecular formula is C24H17F2N3O3. The number of benzene rings is 2. The number of nitrogens with zero attached hydrogens (tertiary/aromatic N) is 2. The standard InChI is InChI=1S/C24H17F2N3O3/c1-14-6-11-17-23(32)18(22(31)15-7-9-16(25)10-8-15)12-29(24(17)27-14)13-21(30)28-20-5-3-2-4-19(20)26/h2-12H,13H2,1H3,(H,28,30). The molecule has 4 rings (SSSR count). The number of para-hydroxylation sites is 1. The Balaban J connectivity index is 1.78. The van der Waals surface area contributed by atoms with E-state index in [1.807, 2.05) is 0 Å². The Bertz CT molecular complexity index is 1410. The summed E-state index contributed by atoms with van der Waals surface area (Å²) in [6, 6.07) is 13.7. The number of carbonyl (C=O) groups is 2. The van der Waals surface area contributed by atoms with Gasteiger partial charge < -0.3 is 9.88 Å². The average Bonchev–Trinajstić information content (AvgIpc) is 2.77. The van der Waals surface area contributed by atoms with Crippen molar-refractivity contribution >= 4 is 28.4 Å². The molecule has 0 aliphatic heterocycles. The number of ketones is 1. The minimum absolute atomic E-state index is 0.00889. The van der Waals surface area contributed by atoms with Gasteiger partial charge >= 0.3 is 0 Å². The van der Waals surface area contributed by atoms with Gasteiger partial charge in [-0.1, -0.05) is 12.1 Å². The molecule has 8 heteroatoms. The number of carbonyl (C=O) groups excluding carboxylic acids is 2. The van der Waals surface area contributed by atoms with Gasteiger partial charge in [-0.25, -0.2) is 13.8 Å². The van der Waals surface area contributed by atoms with E-state index in [1.54, 1.807) is 19.1 Å². The highest BCUT2D eigenvalue weighted by Crippen LogP contribution is 2.16.